The molecule has 2 aromatic carbocycles. The van der Waals surface area contributed by atoms with Crippen molar-refractivity contribution < 1.29 is 19.2 Å². The second-order valence-corrected chi connectivity index (χ2v) is 18.3. The van der Waals surface area contributed by atoms with Crippen LogP contribution in [-0.2, 0) is 41.0 Å². The van der Waals surface area contributed by atoms with Crippen LogP contribution in [0.3, 0.4) is 0 Å². The van der Waals surface area contributed by atoms with Crippen molar-refractivity contribution in [3.8, 4) is 5.82 Å². The predicted octanol–water partition coefficient (Wildman–Crippen LogP) is 5.43. The normalized spacial score (nSPS) is 22.3. The molecule has 2 aliphatic carbocycles. The molecule has 62 heavy (non-hydrogen) atoms. The summed E-state index contributed by atoms with van der Waals surface area (Å²) in [6.07, 6.45) is 10.2. The number of anilines is 3. The van der Waals surface area contributed by atoms with E-state index in [2.05, 4.69) is 61.4 Å². The number of imide groups is 1. The highest BCUT2D eigenvalue weighted by Gasteiger charge is 2.48. The van der Waals surface area contributed by atoms with E-state index in [1.807, 2.05) is 31.2 Å². The summed E-state index contributed by atoms with van der Waals surface area (Å²) in [5, 5.41) is 22.7. The summed E-state index contributed by atoms with van der Waals surface area (Å²) < 4.78 is 9.17. The van der Waals surface area contributed by atoms with E-state index >= 15 is 0 Å². The molecule has 1 spiro atoms. The number of aliphatic hydroxyl groups is 1. The Hall–Kier alpha value is -6.19. The second kappa shape index (κ2) is 14.7. The average molecular weight is 835 g/mol. The van der Waals surface area contributed by atoms with Crippen molar-refractivity contribution in [2.24, 2.45) is 11.3 Å². The van der Waals surface area contributed by atoms with Gasteiger partial charge in [0.25, 0.3) is 5.56 Å². The van der Waals surface area contributed by atoms with E-state index in [0.717, 1.165) is 87.0 Å². The molecule has 318 valence electrons. The van der Waals surface area contributed by atoms with Crippen LogP contribution in [0.2, 0.25) is 0 Å². The Kier molecular flexibility index (Phi) is 9.20. The van der Waals surface area contributed by atoms with Gasteiger partial charge in [0.05, 0.1) is 18.2 Å². The fourth-order valence-corrected chi connectivity index (χ4v) is 11.0. The lowest BCUT2D eigenvalue weighted by Gasteiger charge is -2.50. The topological polar surface area (TPSA) is 177 Å². The first kappa shape index (κ1) is 38.7. The van der Waals surface area contributed by atoms with Crippen molar-refractivity contribution in [1.82, 2.24) is 39.7 Å². The summed E-state index contributed by atoms with van der Waals surface area (Å²) >= 11 is 0. The van der Waals surface area contributed by atoms with Gasteiger partial charge in [-0.05, 0) is 105 Å². The number of allylic oxidation sites excluding steroid dienone is 1. The van der Waals surface area contributed by atoms with E-state index < -0.39 is 11.5 Å². The van der Waals surface area contributed by atoms with Crippen LogP contribution in [-0.4, -0.2) is 84.0 Å². The maximum atomic E-state index is 13.5. The first-order valence-corrected chi connectivity index (χ1v) is 22.0. The van der Waals surface area contributed by atoms with Crippen LogP contribution in [0.1, 0.15) is 79.4 Å². The van der Waals surface area contributed by atoms with Crippen molar-refractivity contribution in [2.45, 2.75) is 82.8 Å². The number of pyridine rings is 1. The Balaban J connectivity index is 0.711. The highest BCUT2D eigenvalue weighted by molar-refractivity contribution is 6.02. The molecule has 2 amide bonds. The van der Waals surface area contributed by atoms with Gasteiger partial charge in [-0.3, -0.25) is 19.7 Å². The number of piperidine rings is 2. The summed E-state index contributed by atoms with van der Waals surface area (Å²) in [4.78, 5) is 57.2. The first-order valence-electron chi connectivity index (χ1n) is 22.0. The minimum atomic E-state index is -0.991. The summed E-state index contributed by atoms with van der Waals surface area (Å²) in [5.41, 5.74) is 7.14. The fourth-order valence-electron chi connectivity index (χ4n) is 11.0. The average Bonchev–Trinajstić information content (AvgIpc) is 4.03. The first-order chi connectivity index (χ1) is 30.1. The minimum absolute atomic E-state index is 0.226. The zero-order chi connectivity index (χ0) is 42.3. The van der Waals surface area contributed by atoms with Gasteiger partial charge in [0.1, 0.15) is 16.7 Å². The number of aromatic nitrogens is 6. The fraction of sp³-hybridized carbons (Fsp3) is 0.426. The molecule has 3 aliphatic heterocycles. The molecule has 3 saturated heterocycles. The van der Waals surface area contributed by atoms with Gasteiger partial charge in [0.15, 0.2) is 17.0 Å². The smallest absolute Gasteiger partial charge is 0.278 e. The number of fused-ring (bicyclic) bond motifs is 5. The molecule has 5 aliphatic rings. The van der Waals surface area contributed by atoms with E-state index in [4.69, 9.17) is 14.5 Å². The number of nitrogens with one attached hydrogen (secondary N) is 2. The number of likely N-dealkylation sites (tertiary alicyclic amines) is 1. The summed E-state index contributed by atoms with van der Waals surface area (Å²) in [6.45, 7) is 11.4. The number of hydrogen-bond donors (Lipinski definition) is 3. The number of hydrogen-bond acceptors (Lipinski definition) is 12. The van der Waals surface area contributed by atoms with Gasteiger partial charge in [0, 0.05) is 73.1 Å². The van der Waals surface area contributed by atoms with Gasteiger partial charge in [-0.1, -0.05) is 30.3 Å². The van der Waals surface area contributed by atoms with Gasteiger partial charge in [-0.25, -0.2) is 19.3 Å². The Morgan fingerprint density at radius 1 is 0.968 bits per heavy atom. The summed E-state index contributed by atoms with van der Waals surface area (Å²) in [6, 6.07) is 16.5. The Bertz CT molecular complexity index is 2850. The zero-order valence-corrected chi connectivity index (χ0v) is 34.9. The lowest BCUT2D eigenvalue weighted by molar-refractivity contribution is -0.134. The summed E-state index contributed by atoms with van der Waals surface area (Å²) in [5.74, 6) is 0.558. The van der Waals surface area contributed by atoms with Crippen molar-refractivity contribution in [3.05, 3.63) is 106 Å². The van der Waals surface area contributed by atoms with Crippen LogP contribution in [0, 0.1) is 11.3 Å². The van der Waals surface area contributed by atoms with Crippen molar-refractivity contribution in [1.29, 1.82) is 0 Å². The van der Waals surface area contributed by atoms with Gasteiger partial charge in [0.2, 0.25) is 17.8 Å². The Morgan fingerprint density at radius 3 is 2.55 bits per heavy atom. The predicted molar refractivity (Wildman–Crippen MR) is 234 cm³/mol. The molecule has 15 heteroatoms. The van der Waals surface area contributed by atoms with E-state index in [1.165, 1.54) is 16.8 Å². The largest absolute Gasteiger partial charge is 0.384 e. The Labute approximate surface area is 357 Å². The van der Waals surface area contributed by atoms with Crippen molar-refractivity contribution in [3.63, 3.8) is 0 Å². The van der Waals surface area contributed by atoms with Crippen LogP contribution in [0.5, 0.6) is 0 Å². The molecular formula is C47H50N10O5. The van der Waals surface area contributed by atoms with Gasteiger partial charge in [-0.15, -0.1) is 6.58 Å². The van der Waals surface area contributed by atoms with Crippen LogP contribution in [0.15, 0.2) is 76.7 Å². The van der Waals surface area contributed by atoms with Crippen LogP contribution in [0.4, 0.5) is 17.3 Å². The second-order valence-electron chi connectivity index (χ2n) is 18.3. The molecule has 0 saturated carbocycles. The number of carbonyl (C=O) groups is 2. The number of carbonyl (C=O) groups excluding carboxylic acids is 2. The molecule has 0 bridgehead atoms. The molecular weight excluding hydrogens is 785 g/mol. The SMILES string of the molecule is C=CCn1c(=O)c2cnc(Nc3ccc(N4CCC(CN5CC6(Cc7ccc8c(C9CCC(=O)NC9=O)noc8c7C6)C5)CC4)cc3)nc2n1-c1ccc2c(n1)[C@](O)(CC)CC2. The standard InChI is InChI=1S/C47H50N10O5/c1-3-19-56-44(60)36-24-48-45(52-42(36)57(56)37-13-6-29-15-18-47(61,4-2)41(29)50-37)49-31-7-9-32(10-8-31)55-20-16-28(17-21-55)25-54-26-46(27-54)22-30-5-11-33-39(53-62-40(33)35(30)23-46)34-12-14-38(58)51-43(34)59/h3,5-11,13,24,28,34,61H,1,4,12,14-23,25-27H2,2H3,(H,48,49,52)(H,51,58,59)/t34?,47-/m0/s1. The Morgan fingerprint density at radius 2 is 1.77 bits per heavy atom. The maximum absolute atomic E-state index is 13.5. The van der Waals surface area contributed by atoms with Crippen molar-refractivity contribution in [2.75, 3.05) is 42.9 Å². The highest BCUT2D eigenvalue weighted by Crippen LogP contribution is 2.47. The van der Waals surface area contributed by atoms with E-state index in [9.17, 15) is 19.5 Å². The van der Waals surface area contributed by atoms with Crippen molar-refractivity contribution >= 4 is 51.1 Å². The highest BCUT2D eigenvalue weighted by atomic mass is 16.5. The summed E-state index contributed by atoms with van der Waals surface area (Å²) in [7, 11) is 0. The number of amides is 2. The van der Waals surface area contributed by atoms with Crippen LogP contribution in [0.25, 0.3) is 27.8 Å². The third-order valence-electron chi connectivity index (χ3n) is 14.3. The third kappa shape index (κ3) is 6.43. The van der Waals surface area contributed by atoms with E-state index in [1.54, 1.807) is 21.6 Å². The number of aryl methyl sites for hydroxylation is 1. The molecule has 1 unspecified atom stereocenters. The molecule has 7 heterocycles. The molecule has 3 N–H and O–H groups in total. The van der Waals surface area contributed by atoms with Crippen LogP contribution >= 0.6 is 0 Å². The van der Waals surface area contributed by atoms with Gasteiger partial charge < -0.3 is 24.7 Å². The van der Waals surface area contributed by atoms with E-state index in [0.29, 0.717) is 65.8 Å². The molecule has 15 nitrogen and oxygen atoms in total. The monoisotopic (exact) mass is 834 g/mol. The minimum Gasteiger partial charge on any atom is -0.384 e. The molecule has 2 atom stereocenters. The number of benzene rings is 2. The lowest BCUT2D eigenvalue weighted by Crippen LogP contribution is -2.58. The van der Waals surface area contributed by atoms with Crippen LogP contribution < -0.4 is 21.1 Å². The molecule has 11 rings (SSSR count). The number of nitrogens with zero attached hydrogens (tertiary/aromatic N) is 8. The molecule has 3 fully saturated rings. The molecule has 6 aromatic rings. The van der Waals surface area contributed by atoms with Gasteiger partial charge in [-0.2, -0.15) is 4.98 Å². The van der Waals surface area contributed by atoms with E-state index in [-0.39, 0.29) is 29.3 Å². The quantitative estimate of drug-likeness (QED) is 0.118. The third-order valence-corrected chi connectivity index (χ3v) is 14.3. The molecule has 4 aromatic heterocycles. The lowest BCUT2D eigenvalue weighted by atomic mass is 9.76. The molecule has 0 radical (unpaired) electrons. The zero-order valence-electron chi connectivity index (χ0n) is 34.9. The number of rotatable bonds is 10. The van der Waals surface area contributed by atoms with Gasteiger partial charge >= 0.3 is 0 Å². The maximum Gasteiger partial charge on any atom is 0.278 e.